The molecule has 2 aromatic carbocycles. The van der Waals surface area contributed by atoms with Crippen LogP contribution in [0.5, 0.6) is 0 Å². The van der Waals surface area contributed by atoms with Gasteiger partial charge < -0.3 is 5.32 Å². The van der Waals surface area contributed by atoms with Crippen LogP contribution in [0.25, 0.3) is 10.9 Å². The van der Waals surface area contributed by atoms with Crippen molar-refractivity contribution in [2.75, 3.05) is 23.7 Å². The summed E-state index contributed by atoms with van der Waals surface area (Å²) in [5.74, 6) is -0.140. The third-order valence-corrected chi connectivity index (χ3v) is 5.71. The molecule has 28 heavy (non-hydrogen) atoms. The van der Waals surface area contributed by atoms with E-state index in [4.69, 9.17) is 0 Å². The Kier molecular flexibility index (Phi) is 5.94. The zero-order chi connectivity index (χ0) is 20.1. The van der Waals surface area contributed by atoms with Crippen molar-refractivity contribution in [1.29, 1.82) is 0 Å². The van der Waals surface area contributed by atoms with E-state index in [0.717, 1.165) is 22.8 Å². The Morgan fingerprint density at radius 2 is 1.82 bits per heavy atom. The lowest BCUT2D eigenvalue weighted by Gasteiger charge is -2.23. The molecule has 3 rings (SSSR count). The molecule has 0 aliphatic carbocycles. The van der Waals surface area contributed by atoms with Crippen molar-refractivity contribution in [3.05, 3.63) is 71.9 Å². The van der Waals surface area contributed by atoms with Crippen LogP contribution in [0.1, 0.15) is 11.1 Å². The van der Waals surface area contributed by atoms with Gasteiger partial charge in [-0.05, 0) is 30.2 Å². The molecule has 1 amide bonds. The average molecular weight is 398 g/mol. The second-order valence-corrected chi connectivity index (χ2v) is 8.55. The minimum Gasteiger partial charge on any atom is -0.354 e. The number of fused-ring (bicyclic) bond motifs is 1. The second-order valence-electron chi connectivity index (χ2n) is 6.64. The van der Waals surface area contributed by atoms with Crippen molar-refractivity contribution in [1.82, 2.24) is 10.3 Å². The number of rotatable bonds is 7. The molecule has 0 spiro atoms. The van der Waals surface area contributed by atoms with Crippen LogP contribution in [0.3, 0.4) is 0 Å². The summed E-state index contributed by atoms with van der Waals surface area (Å²) in [6.45, 7) is 2.30. The number of para-hydroxylation sites is 1. The molecule has 0 fully saturated rings. The van der Waals surface area contributed by atoms with Crippen LogP contribution in [-0.4, -0.2) is 38.7 Å². The average Bonchev–Trinajstić information content (AvgIpc) is 2.66. The van der Waals surface area contributed by atoms with E-state index in [1.807, 2.05) is 49.4 Å². The number of nitrogens with one attached hydrogen (secondary N) is 1. The predicted octanol–water partition coefficient (Wildman–Crippen LogP) is 2.67. The number of anilines is 1. The maximum absolute atomic E-state index is 12.4. The van der Waals surface area contributed by atoms with E-state index in [1.165, 1.54) is 4.31 Å². The molecule has 0 aliphatic heterocycles. The summed E-state index contributed by atoms with van der Waals surface area (Å²) in [6.07, 6.45) is 3.06. The molecular weight excluding hydrogens is 374 g/mol. The fourth-order valence-electron chi connectivity index (χ4n) is 3.10. The zero-order valence-electron chi connectivity index (χ0n) is 15.9. The highest BCUT2D eigenvalue weighted by Crippen LogP contribution is 2.26. The van der Waals surface area contributed by atoms with E-state index in [9.17, 15) is 13.2 Å². The molecule has 0 atom stereocenters. The molecule has 1 heterocycles. The molecule has 0 aliphatic rings. The lowest BCUT2D eigenvalue weighted by molar-refractivity contribution is -0.120. The third kappa shape index (κ3) is 4.67. The van der Waals surface area contributed by atoms with Gasteiger partial charge in [0.25, 0.3) is 0 Å². The third-order valence-electron chi connectivity index (χ3n) is 4.53. The summed E-state index contributed by atoms with van der Waals surface area (Å²) < 4.78 is 26.0. The molecule has 7 heteroatoms. The van der Waals surface area contributed by atoms with Gasteiger partial charge in [-0.15, -0.1) is 0 Å². The number of carbonyl (C=O) groups excluding carboxylic acids is 1. The van der Waals surface area contributed by atoms with Gasteiger partial charge in [0, 0.05) is 18.1 Å². The first kappa shape index (κ1) is 19.8. The lowest BCUT2D eigenvalue weighted by Crippen LogP contribution is -2.38. The second kappa shape index (κ2) is 8.39. The number of pyridine rings is 1. The van der Waals surface area contributed by atoms with Crippen LogP contribution in [0.4, 0.5) is 5.69 Å². The van der Waals surface area contributed by atoms with Gasteiger partial charge in [0.1, 0.15) is 0 Å². The number of aryl methyl sites for hydroxylation is 1. The van der Waals surface area contributed by atoms with Crippen molar-refractivity contribution in [3.63, 3.8) is 0 Å². The Bertz CT molecular complexity index is 1090. The number of nitrogens with zero attached hydrogens (tertiary/aromatic N) is 2. The summed E-state index contributed by atoms with van der Waals surface area (Å²) in [6, 6.07) is 16.8. The van der Waals surface area contributed by atoms with Crippen molar-refractivity contribution in [2.24, 2.45) is 0 Å². The van der Waals surface area contributed by atoms with E-state index >= 15 is 0 Å². The molecule has 0 unspecified atom stereocenters. The SMILES string of the molecule is Cc1ccccc1CC(=O)NCCN(c1cccc2cccnc12)S(C)(=O)=O. The van der Waals surface area contributed by atoms with Gasteiger partial charge in [-0.1, -0.05) is 42.5 Å². The molecule has 1 aromatic heterocycles. The number of carbonyl (C=O) groups is 1. The largest absolute Gasteiger partial charge is 0.354 e. The number of amides is 1. The van der Waals surface area contributed by atoms with Gasteiger partial charge in [-0.3, -0.25) is 14.1 Å². The Balaban J connectivity index is 1.72. The maximum atomic E-state index is 12.4. The number of aromatic nitrogens is 1. The van der Waals surface area contributed by atoms with Gasteiger partial charge >= 0.3 is 0 Å². The minimum absolute atomic E-state index is 0.133. The molecule has 3 aromatic rings. The lowest BCUT2D eigenvalue weighted by atomic mass is 10.1. The van der Waals surface area contributed by atoms with Crippen LogP contribution >= 0.6 is 0 Å². The highest BCUT2D eigenvalue weighted by Gasteiger charge is 2.20. The van der Waals surface area contributed by atoms with Crippen LogP contribution in [0.2, 0.25) is 0 Å². The smallest absolute Gasteiger partial charge is 0.232 e. The van der Waals surface area contributed by atoms with Gasteiger partial charge in [-0.2, -0.15) is 0 Å². The van der Waals surface area contributed by atoms with E-state index in [0.29, 0.717) is 11.2 Å². The number of hydrogen-bond acceptors (Lipinski definition) is 4. The summed E-state index contributed by atoms with van der Waals surface area (Å²) in [7, 11) is -3.53. The molecule has 0 radical (unpaired) electrons. The Morgan fingerprint density at radius 3 is 2.57 bits per heavy atom. The van der Waals surface area contributed by atoms with Crippen molar-refractivity contribution < 1.29 is 13.2 Å². The monoisotopic (exact) mass is 397 g/mol. The number of sulfonamides is 1. The molecular formula is C21H23N3O3S. The molecule has 0 saturated heterocycles. The molecule has 0 saturated carbocycles. The number of hydrogen-bond donors (Lipinski definition) is 1. The highest BCUT2D eigenvalue weighted by molar-refractivity contribution is 7.92. The van der Waals surface area contributed by atoms with Gasteiger partial charge in [0.05, 0.1) is 30.4 Å². The fourth-order valence-corrected chi connectivity index (χ4v) is 4.02. The normalized spacial score (nSPS) is 11.4. The standard InChI is InChI=1S/C21H23N3O3S/c1-16-7-3-4-8-18(16)15-20(25)22-13-14-24(28(2,26)27)19-11-5-9-17-10-6-12-23-21(17)19/h3-12H,13-15H2,1-2H3,(H,22,25). The van der Waals surface area contributed by atoms with E-state index in [1.54, 1.807) is 18.3 Å². The first-order chi connectivity index (χ1) is 13.4. The first-order valence-electron chi connectivity index (χ1n) is 8.99. The summed E-state index contributed by atoms with van der Waals surface area (Å²) >= 11 is 0. The predicted molar refractivity (Wildman–Crippen MR) is 112 cm³/mol. The summed E-state index contributed by atoms with van der Waals surface area (Å²) in [5, 5.41) is 3.67. The first-order valence-corrected chi connectivity index (χ1v) is 10.8. The number of benzene rings is 2. The molecule has 1 N–H and O–H groups in total. The van der Waals surface area contributed by atoms with Gasteiger partial charge in [0.2, 0.25) is 15.9 Å². The van der Waals surface area contributed by atoms with E-state index in [-0.39, 0.29) is 25.4 Å². The Morgan fingerprint density at radius 1 is 1.07 bits per heavy atom. The molecule has 146 valence electrons. The topological polar surface area (TPSA) is 79.4 Å². The fraction of sp³-hybridized carbons (Fsp3) is 0.238. The quantitative estimate of drug-likeness (QED) is 0.665. The van der Waals surface area contributed by atoms with Crippen LogP contribution < -0.4 is 9.62 Å². The Labute approximate surface area is 165 Å². The summed E-state index contributed by atoms with van der Waals surface area (Å²) in [5.41, 5.74) is 3.13. The van der Waals surface area contributed by atoms with Gasteiger partial charge in [0.15, 0.2) is 0 Å². The van der Waals surface area contributed by atoms with Crippen molar-refractivity contribution >= 4 is 32.5 Å². The van der Waals surface area contributed by atoms with Crippen LogP contribution in [-0.2, 0) is 21.2 Å². The van der Waals surface area contributed by atoms with Gasteiger partial charge in [-0.25, -0.2) is 8.42 Å². The van der Waals surface area contributed by atoms with Crippen LogP contribution in [0.15, 0.2) is 60.8 Å². The van der Waals surface area contributed by atoms with Crippen molar-refractivity contribution in [2.45, 2.75) is 13.3 Å². The van der Waals surface area contributed by atoms with E-state index < -0.39 is 10.0 Å². The molecule has 6 nitrogen and oxygen atoms in total. The molecule has 0 bridgehead atoms. The highest BCUT2D eigenvalue weighted by atomic mass is 32.2. The van der Waals surface area contributed by atoms with Crippen molar-refractivity contribution in [3.8, 4) is 0 Å². The van der Waals surface area contributed by atoms with Crippen LogP contribution in [0, 0.1) is 6.92 Å². The minimum atomic E-state index is -3.53. The zero-order valence-corrected chi connectivity index (χ0v) is 16.7. The summed E-state index contributed by atoms with van der Waals surface area (Å²) in [4.78, 5) is 16.6. The Hall–Kier alpha value is -2.93. The van der Waals surface area contributed by atoms with E-state index in [2.05, 4.69) is 10.3 Å². The maximum Gasteiger partial charge on any atom is 0.232 e.